The quantitative estimate of drug-likeness (QED) is 0.689. The Kier molecular flexibility index (Phi) is 3.95. The maximum Gasteiger partial charge on any atom is 0.416 e. The van der Waals surface area contributed by atoms with Gasteiger partial charge in [-0.05, 0) is 31.0 Å². The van der Waals surface area contributed by atoms with Crippen molar-refractivity contribution in [2.24, 2.45) is 5.10 Å². The maximum atomic E-state index is 12.4. The van der Waals surface area contributed by atoms with Gasteiger partial charge in [-0.15, -0.1) is 5.01 Å². The van der Waals surface area contributed by atoms with E-state index >= 15 is 0 Å². The molecule has 0 aliphatic carbocycles. The topological polar surface area (TPSA) is 61.8 Å². The molecule has 5 nitrogen and oxygen atoms in total. The Hall–Kier alpha value is -2.38. The van der Waals surface area contributed by atoms with Gasteiger partial charge in [-0.1, -0.05) is 19.1 Å². The van der Waals surface area contributed by atoms with Crippen molar-refractivity contribution in [1.82, 2.24) is 10.3 Å². The Bertz CT molecular complexity index is 625. The summed E-state index contributed by atoms with van der Waals surface area (Å²) in [4.78, 5) is 23.8. The van der Waals surface area contributed by atoms with Crippen LogP contribution in [-0.2, 0) is 11.0 Å². The highest BCUT2D eigenvalue weighted by molar-refractivity contribution is 6.07. The molecule has 0 saturated carbocycles. The first-order chi connectivity index (χ1) is 10.2. The van der Waals surface area contributed by atoms with Gasteiger partial charge in [-0.3, -0.25) is 4.79 Å². The Morgan fingerprint density at radius 1 is 1.27 bits per heavy atom. The van der Waals surface area contributed by atoms with E-state index in [1.165, 1.54) is 18.3 Å². The van der Waals surface area contributed by atoms with E-state index in [9.17, 15) is 22.8 Å². The number of carbonyl (C=O) groups is 2. The molecule has 0 bridgehead atoms. The number of hydrogen-bond donors (Lipinski definition) is 1. The van der Waals surface area contributed by atoms with Crippen LogP contribution in [0.5, 0.6) is 0 Å². The summed E-state index contributed by atoms with van der Waals surface area (Å²) >= 11 is 0. The molecule has 1 aliphatic heterocycles. The SMILES string of the molecule is CC[C@]1(C)NC(=O)N(N=Cc2ccc(C(F)(F)F)cc2)C1=O. The van der Waals surface area contributed by atoms with Crippen LogP contribution in [0.3, 0.4) is 0 Å². The number of alkyl halides is 3. The molecule has 3 amide bonds. The molecule has 1 fully saturated rings. The fourth-order valence-electron chi connectivity index (χ4n) is 1.90. The first kappa shape index (κ1) is 16.0. The van der Waals surface area contributed by atoms with E-state index in [0.29, 0.717) is 17.0 Å². The van der Waals surface area contributed by atoms with Crippen molar-refractivity contribution in [2.45, 2.75) is 32.0 Å². The van der Waals surface area contributed by atoms with Gasteiger partial charge < -0.3 is 5.32 Å². The standard InChI is InChI=1S/C14H14F3N3O2/c1-3-13(2)11(21)20(12(22)19-13)18-8-9-4-6-10(7-5-9)14(15,16)17/h4-8H,3H2,1-2H3,(H,19,22)/t13-/m0/s1. The minimum absolute atomic E-state index is 0.346. The Morgan fingerprint density at radius 3 is 2.32 bits per heavy atom. The molecular formula is C14H14F3N3O2. The van der Waals surface area contributed by atoms with E-state index < -0.39 is 29.2 Å². The number of halogens is 3. The number of rotatable bonds is 3. The zero-order valence-electron chi connectivity index (χ0n) is 11.9. The van der Waals surface area contributed by atoms with Crippen LogP contribution in [0.25, 0.3) is 0 Å². The van der Waals surface area contributed by atoms with Crippen LogP contribution >= 0.6 is 0 Å². The summed E-state index contributed by atoms with van der Waals surface area (Å²) in [5.74, 6) is -0.497. The van der Waals surface area contributed by atoms with E-state index in [-0.39, 0.29) is 0 Å². The molecule has 1 N–H and O–H groups in total. The van der Waals surface area contributed by atoms with Crippen molar-refractivity contribution >= 4 is 18.2 Å². The summed E-state index contributed by atoms with van der Waals surface area (Å²) in [5.41, 5.74) is -1.44. The van der Waals surface area contributed by atoms with Crippen LogP contribution in [0.2, 0.25) is 0 Å². The average Bonchev–Trinajstić information content (AvgIpc) is 2.67. The van der Waals surface area contributed by atoms with Crippen LogP contribution in [-0.4, -0.2) is 28.7 Å². The third kappa shape index (κ3) is 2.95. The van der Waals surface area contributed by atoms with E-state index in [4.69, 9.17) is 0 Å². The van der Waals surface area contributed by atoms with Gasteiger partial charge in [-0.2, -0.15) is 18.3 Å². The number of urea groups is 1. The highest BCUT2D eigenvalue weighted by Crippen LogP contribution is 2.29. The third-order valence-corrected chi connectivity index (χ3v) is 3.51. The Labute approximate surface area is 124 Å². The molecule has 0 aromatic heterocycles. The fourth-order valence-corrected chi connectivity index (χ4v) is 1.90. The van der Waals surface area contributed by atoms with E-state index in [0.717, 1.165) is 12.1 Å². The second-order valence-corrected chi connectivity index (χ2v) is 5.10. The Morgan fingerprint density at radius 2 is 1.86 bits per heavy atom. The Balaban J connectivity index is 2.16. The van der Waals surface area contributed by atoms with Crippen molar-refractivity contribution in [3.63, 3.8) is 0 Å². The van der Waals surface area contributed by atoms with Crippen LogP contribution < -0.4 is 5.32 Å². The lowest BCUT2D eigenvalue weighted by atomic mass is 10.00. The lowest BCUT2D eigenvalue weighted by Gasteiger charge is -2.17. The van der Waals surface area contributed by atoms with Gasteiger partial charge in [0.1, 0.15) is 5.54 Å². The molecule has 8 heteroatoms. The number of nitrogens with zero attached hydrogens (tertiary/aromatic N) is 2. The zero-order valence-corrected chi connectivity index (χ0v) is 11.9. The number of nitrogens with one attached hydrogen (secondary N) is 1. The smallest absolute Gasteiger partial charge is 0.322 e. The zero-order chi connectivity index (χ0) is 16.5. The summed E-state index contributed by atoms with van der Waals surface area (Å²) in [6.45, 7) is 3.34. The predicted octanol–water partition coefficient (Wildman–Crippen LogP) is 2.76. The third-order valence-electron chi connectivity index (χ3n) is 3.51. The number of benzene rings is 1. The summed E-state index contributed by atoms with van der Waals surface area (Å²) in [7, 11) is 0. The minimum Gasteiger partial charge on any atom is -0.322 e. The summed E-state index contributed by atoms with van der Waals surface area (Å²) in [6.07, 6.45) is -2.84. The molecule has 1 aliphatic rings. The van der Waals surface area contributed by atoms with Gasteiger partial charge in [-0.25, -0.2) is 4.79 Å². The van der Waals surface area contributed by atoms with Crippen molar-refractivity contribution in [2.75, 3.05) is 0 Å². The van der Waals surface area contributed by atoms with Crippen molar-refractivity contribution in [3.05, 3.63) is 35.4 Å². The number of carbonyl (C=O) groups excluding carboxylic acids is 2. The average molecular weight is 313 g/mol. The highest BCUT2D eigenvalue weighted by Gasteiger charge is 2.46. The largest absolute Gasteiger partial charge is 0.416 e. The van der Waals surface area contributed by atoms with E-state index in [2.05, 4.69) is 10.4 Å². The normalized spacial score (nSPS) is 22.5. The molecular weight excluding hydrogens is 299 g/mol. The summed E-state index contributed by atoms with van der Waals surface area (Å²) < 4.78 is 37.3. The van der Waals surface area contributed by atoms with Gasteiger partial charge in [0.15, 0.2) is 0 Å². The van der Waals surface area contributed by atoms with Crippen molar-refractivity contribution in [3.8, 4) is 0 Å². The lowest BCUT2D eigenvalue weighted by molar-refractivity contribution is -0.137. The molecule has 1 saturated heterocycles. The van der Waals surface area contributed by atoms with E-state index in [1.807, 2.05) is 0 Å². The molecule has 1 atom stereocenters. The summed E-state index contributed by atoms with van der Waals surface area (Å²) in [6, 6.07) is 3.58. The molecule has 1 aromatic carbocycles. The molecule has 0 radical (unpaired) electrons. The van der Waals surface area contributed by atoms with Crippen LogP contribution in [0.4, 0.5) is 18.0 Å². The fraction of sp³-hybridized carbons (Fsp3) is 0.357. The first-order valence-electron chi connectivity index (χ1n) is 6.55. The van der Waals surface area contributed by atoms with Crippen LogP contribution in [0.1, 0.15) is 31.4 Å². The first-order valence-corrected chi connectivity index (χ1v) is 6.55. The molecule has 2 rings (SSSR count). The van der Waals surface area contributed by atoms with Gasteiger partial charge in [0, 0.05) is 0 Å². The van der Waals surface area contributed by atoms with Gasteiger partial charge in [0.25, 0.3) is 5.91 Å². The maximum absolute atomic E-state index is 12.4. The minimum atomic E-state index is -4.41. The number of amides is 3. The molecule has 0 spiro atoms. The second kappa shape index (κ2) is 5.43. The highest BCUT2D eigenvalue weighted by atomic mass is 19.4. The molecule has 1 heterocycles. The number of hydrogen-bond acceptors (Lipinski definition) is 3. The van der Waals surface area contributed by atoms with Crippen LogP contribution in [0, 0.1) is 0 Å². The lowest BCUT2D eigenvalue weighted by Crippen LogP contribution is -2.42. The van der Waals surface area contributed by atoms with Gasteiger partial charge in [0.05, 0.1) is 11.8 Å². The molecule has 1 aromatic rings. The second-order valence-electron chi connectivity index (χ2n) is 5.10. The predicted molar refractivity (Wildman–Crippen MR) is 73.1 cm³/mol. The number of hydrazone groups is 1. The monoisotopic (exact) mass is 313 g/mol. The molecule has 22 heavy (non-hydrogen) atoms. The van der Waals surface area contributed by atoms with Gasteiger partial charge >= 0.3 is 12.2 Å². The van der Waals surface area contributed by atoms with Crippen molar-refractivity contribution in [1.29, 1.82) is 0 Å². The van der Waals surface area contributed by atoms with E-state index in [1.54, 1.807) is 13.8 Å². The molecule has 118 valence electrons. The molecule has 0 unspecified atom stereocenters. The number of imide groups is 1. The van der Waals surface area contributed by atoms with Crippen molar-refractivity contribution < 1.29 is 22.8 Å². The van der Waals surface area contributed by atoms with Crippen LogP contribution in [0.15, 0.2) is 29.4 Å². The van der Waals surface area contributed by atoms with Gasteiger partial charge in [0.2, 0.25) is 0 Å². The summed E-state index contributed by atoms with van der Waals surface area (Å²) in [5, 5.41) is 6.96.